The highest BCUT2D eigenvalue weighted by Crippen LogP contribution is 2.11. The van der Waals surface area contributed by atoms with Crippen LogP contribution < -0.4 is 5.73 Å². The first-order valence-electron chi connectivity index (χ1n) is 4.49. The van der Waals surface area contributed by atoms with Crippen molar-refractivity contribution in [2.24, 2.45) is 0 Å². The molecule has 0 atom stereocenters. The SMILES string of the molecule is CC(C)N(C)CCc1csc(N)n1. The first-order valence-corrected chi connectivity index (χ1v) is 5.37. The number of nitrogen functional groups attached to an aromatic ring is 1. The summed E-state index contributed by atoms with van der Waals surface area (Å²) in [5, 5.41) is 2.70. The average molecular weight is 199 g/mol. The number of anilines is 1. The fraction of sp³-hybridized carbons (Fsp3) is 0.667. The highest BCUT2D eigenvalue weighted by Gasteiger charge is 2.04. The van der Waals surface area contributed by atoms with Gasteiger partial charge in [-0.1, -0.05) is 0 Å². The third-order valence-electron chi connectivity index (χ3n) is 2.17. The molecule has 4 heteroatoms. The molecule has 1 aromatic heterocycles. The Morgan fingerprint density at radius 3 is 2.77 bits per heavy atom. The van der Waals surface area contributed by atoms with Crippen LogP contribution in [0.15, 0.2) is 5.38 Å². The molecule has 0 saturated heterocycles. The molecule has 1 aromatic rings. The highest BCUT2D eigenvalue weighted by molar-refractivity contribution is 7.13. The van der Waals surface area contributed by atoms with Crippen molar-refractivity contribution in [3.05, 3.63) is 11.1 Å². The highest BCUT2D eigenvalue weighted by atomic mass is 32.1. The maximum absolute atomic E-state index is 5.54. The van der Waals surface area contributed by atoms with Crippen LogP contribution in [0.5, 0.6) is 0 Å². The van der Waals surface area contributed by atoms with Crippen LogP contribution in [0.2, 0.25) is 0 Å². The molecule has 0 fully saturated rings. The summed E-state index contributed by atoms with van der Waals surface area (Å²) in [5.41, 5.74) is 6.65. The maximum Gasteiger partial charge on any atom is 0.180 e. The number of nitrogens with two attached hydrogens (primary N) is 1. The molecule has 3 nitrogen and oxygen atoms in total. The summed E-state index contributed by atoms with van der Waals surface area (Å²) in [6.07, 6.45) is 0.988. The van der Waals surface area contributed by atoms with Crippen LogP contribution in [-0.4, -0.2) is 29.5 Å². The predicted molar refractivity (Wildman–Crippen MR) is 58.0 cm³/mol. The molecule has 0 aromatic carbocycles. The van der Waals surface area contributed by atoms with Gasteiger partial charge in [0.15, 0.2) is 5.13 Å². The van der Waals surface area contributed by atoms with E-state index in [0.29, 0.717) is 11.2 Å². The van der Waals surface area contributed by atoms with Gasteiger partial charge in [0.05, 0.1) is 5.69 Å². The number of nitrogens with zero attached hydrogens (tertiary/aromatic N) is 2. The van der Waals surface area contributed by atoms with Crippen LogP contribution in [0.25, 0.3) is 0 Å². The second-order valence-electron chi connectivity index (χ2n) is 3.50. The minimum atomic E-state index is 0.594. The molecular formula is C9H17N3S. The van der Waals surface area contributed by atoms with Crippen LogP contribution in [0.3, 0.4) is 0 Å². The Bertz CT molecular complexity index is 257. The number of aromatic nitrogens is 1. The van der Waals surface area contributed by atoms with Gasteiger partial charge in [-0.2, -0.15) is 0 Å². The van der Waals surface area contributed by atoms with Crippen molar-refractivity contribution in [3.63, 3.8) is 0 Å². The monoisotopic (exact) mass is 199 g/mol. The van der Waals surface area contributed by atoms with Gasteiger partial charge in [-0.3, -0.25) is 0 Å². The third kappa shape index (κ3) is 3.32. The van der Waals surface area contributed by atoms with E-state index >= 15 is 0 Å². The summed E-state index contributed by atoms with van der Waals surface area (Å²) >= 11 is 1.51. The second kappa shape index (κ2) is 4.58. The Hall–Kier alpha value is -0.610. The van der Waals surface area contributed by atoms with Gasteiger partial charge in [-0.05, 0) is 20.9 Å². The van der Waals surface area contributed by atoms with Crippen LogP contribution in [0, 0.1) is 0 Å². The molecule has 0 saturated carbocycles. The van der Waals surface area contributed by atoms with E-state index in [4.69, 9.17) is 5.73 Å². The van der Waals surface area contributed by atoms with E-state index in [0.717, 1.165) is 18.7 Å². The number of rotatable bonds is 4. The molecule has 0 aliphatic carbocycles. The predicted octanol–water partition coefficient (Wildman–Crippen LogP) is 1.61. The van der Waals surface area contributed by atoms with Gasteiger partial charge in [0.2, 0.25) is 0 Å². The second-order valence-corrected chi connectivity index (χ2v) is 4.39. The van der Waals surface area contributed by atoms with Gasteiger partial charge < -0.3 is 10.6 Å². The molecular weight excluding hydrogens is 182 g/mol. The van der Waals surface area contributed by atoms with Crippen molar-refractivity contribution in [2.75, 3.05) is 19.3 Å². The van der Waals surface area contributed by atoms with Gasteiger partial charge in [0, 0.05) is 24.4 Å². The molecule has 0 unspecified atom stereocenters. The van der Waals surface area contributed by atoms with Crippen LogP contribution in [-0.2, 0) is 6.42 Å². The van der Waals surface area contributed by atoms with Crippen molar-refractivity contribution in [2.45, 2.75) is 26.3 Å². The van der Waals surface area contributed by atoms with E-state index < -0.39 is 0 Å². The molecule has 0 bridgehead atoms. The van der Waals surface area contributed by atoms with Crippen molar-refractivity contribution in [1.29, 1.82) is 0 Å². The lowest BCUT2D eigenvalue weighted by Crippen LogP contribution is -2.28. The van der Waals surface area contributed by atoms with Crippen molar-refractivity contribution in [1.82, 2.24) is 9.88 Å². The average Bonchev–Trinajstić information content (AvgIpc) is 2.47. The third-order valence-corrected chi connectivity index (χ3v) is 2.89. The zero-order chi connectivity index (χ0) is 9.84. The van der Waals surface area contributed by atoms with E-state index in [1.165, 1.54) is 11.3 Å². The van der Waals surface area contributed by atoms with Crippen molar-refractivity contribution < 1.29 is 0 Å². The Labute approximate surface area is 83.6 Å². The largest absolute Gasteiger partial charge is 0.375 e. The summed E-state index contributed by atoms with van der Waals surface area (Å²) in [4.78, 5) is 6.51. The molecule has 0 amide bonds. The van der Waals surface area contributed by atoms with Crippen LogP contribution in [0.4, 0.5) is 5.13 Å². The fourth-order valence-corrected chi connectivity index (χ4v) is 1.58. The summed E-state index contributed by atoms with van der Waals surface area (Å²) in [6, 6.07) is 0.594. The molecule has 1 heterocycles. The zero-order valence-electron chi connectivity index (χ0n) is 8.45. The van der Waals surface area contributed by atoms with E-state index in [1.54, 1.807) is 0 Å². The Morgan fingerprint density at radius 1 is 1.62 bits per heavy atom. The van der Waals surface area contributed by atoms with Gasteiger partial charge >= 0.3 is 0 Å². The molecule has 0 aliphatic heterocycles. The quantitative estimate of drug-likeness (QED) is 0.801. The van der Waals surface area contributed by atoms with E-state index in [1.807, 2.05) is 5.38 Å². The summed E-state index contributed by atoms with van der Waals surface area (Å²) in [7, 11) is 2.13. The fourth-order valence-electron chi connectivity index (χ4n) is 0.987. The standard InChI is InChI=1S/C9H17N3S/c1-7(2)12(3)5-4-8-6-13-9(10)11-8/h6-7H,4-5H2,1-3H3,(H2,10,11). The summed E-state index contributed by atoms with van der Waals surface area (Å²) in [6.45, 7) is 5.42. The maximum atomic E-state index is 5.54. The van der Waals surface area contributed by atoms with E-state index in [2.05, 4.69) is 30.8 Å². The summed E-state index contributed by atoms with van der Waals surface area (Å²) < 4.78 is 0. The summed E-state index contributed by atoms with van der Waals surface area (Å²) in [5.74, 6) is 0. The van der Waals surface area contributed by atoms with Crippen LogP contribution in [0.1, 0.15) is 19.5 Å². The Balaban J connectivity index is 2.35. The molecule has 0 aliphatic rings. The van der Waals surface area contributed by atoms with Gasteiger partial charge in [0.25, 0.3) is 0 Å². The smallest absolute Gasteiger partial charge is 0.180 e. The molecule has 13 heavy (non-hydrogen) atoms. The topological polar surface area (TPSA) is 42.1 Å². The minimum Gasteiger partial charge on any atom is -0.375 e. The Morgan fingerprint density at radius 2 is 2.31 bits per heavy atom. The number of thiazole rings is 1. The lowest BCUT2D eigenvalue weighted by atomic mass is 10.3. The minimum absolute atomic E-state index is 0.594. The molecule has 74 valence electrons. The lowest BCUT2D eigenvalue weighted by Gasteiger charge is -2.19. The Kier molecular flexibility index (Phi) is 3.69. The zero-order valence-corrected chi connectivity index (χ0v) is 9.27. The van der Waals surface area contributed by atoms with Crippen molar-refractivity contribution >= 4 is 16.5 Å². The van der Waals surface area contributed by atoms with Crippen molar-refractivity contribution in [3.8, 4) is 0 Å². The first kappa shape index (κ1) is 10.5. The van der Waals surface area contributed by atoms with Gasteiger partial charge in [-0.15, -0.1) is 11.3 Å². The van der Waals surface area contributed by atoms with Crippen LogP contribution >= 0.6 is 11.3 Å². The molecule has 2 N–H and O–H groups in total. The number of hydrogen-bond acceptors (Lipinski definition) is 4. The van der Waals surface area contributed by atoms with Gasteiger partial charge in [0.1, 0.15) is 0 Å². The normalized spacial score (nSPS) is 11.5. The van der Waals surface area contributed by atoms with E-state index in [9.17, 15) is 0 Å². The first-order chi connectivity index (χ1) is 6.09. The molecule has 0 radical (unpaired) electrons. The lowest BCUT2D eigenvalue weighted by molar-refractivity contribution is 0.277. The van der Waals surface area contributed by atoms with Gasteiger partial charge in [-0.25, -0.2) is 4.98 Å². The number of likely N-dealkylation sites (N-methyl/N-ethyl adjacent to an activating group) is 1. The molecule has 0 spiro atoms. The van der Waals surface area contributed by atoms with E-state index in [-0.39, 0.29) is 0 Å². The molecule has 1 rings (SSSR count). The number of hydrogen-bond donors (Lipinski definition) is 1.